The first-order valence-corrected chi connectivity index (χ1v) is 7.85. The predicted molar refractivity (Wildman–Crippen MR) is 87.7 cm³/mol. The maximum Gasteiger partial charge on any atom is 0.315 e. The average molecular weight is 310 g/mol. The zero-order chi connectivity index (χ0) is 16.9. The summed E-state index contributed by atoms with van der Waals surface area (Å²) in [6.45, 7) is 12.2. The molecular formula is C16H30N4O2. The molecule has 4 N–H and O–H groups in total. The molecule has 2 amide bonds. The van der Waals surface area contributed by atoms with Crippen LogP contribution in [0.2, 0.25) is 0 Å². The Bertz CT molecular complexity index is 482. The molecule has 0 spiro atoms. The lowest BCUT2D eigenvalue weighted by Gasteiger charge is -2.33. The maximum atomic E-state index is 12.0. The van der Waals surface area contributed by atoms with Crippen LogP contribution in [0.1, 0.15) is 46.0 Å². The van der Waals surface area contributed by atoms with Crippen LogP contribution in [0.15, 0.2) is 6.07 Å². The molecule has 2 atom stereocenters. The zero-order valence-corrected chi connectivity index (χ0v) is 14.5. The lowest BCUT2D eigenvalue weighted by molar-refractivity contribution is 0.0151. The fourth-order valence-corrected chi connectivity index (χ4v) is 2.53. The van der Waals surface area contributed by atoms with E-state index in [-0.39, 0.29) is 23.4 Å². The molecule has 0 bridgehead atoms. The van der Waals surface area contributed by atoms with Gasteiger partial charge in [0.1, 0.15) is 0 Å². The van der Waals surface area contributed by atoms with Gasteiger partial charge in [0.25, 0.3) is 0 Å². The Labute approximate surface area is 133 Å². The van der Waals surface area contributed by atoms with Crippen molar-refractivity contribution < 1.29 is 9.90 Å². The van der Waals surface area contributed by atoms with Gasteiger partial charge >= 0.3 is 6.03 Å². The van der Waals surface area contributed by atoms with Crippen LogP contribution in [0.3, 0.4) is 0 Å². The van der Waals surface area contributed by atoms with Gasteiger partial charge in [0.15, 0.2) is 0 Å². The number of aromatic nitrogens is 2. The van der Waals surface area contributed by atoms with E-state index in [0.29, 0.717) is 13.0 Å². The summed E-state index contributed by atoms with van der Waals surface area (Å²) in [6.07, 6.45) is 0.215. The highest BCUT2D eigenvalue weighted by molar-refractivity contribution is 5.74. The topological polar surface area (TPSA) is 90.0 Å². The molecule has 0 aromatic carbocycles. The van der Waals surface area contributed by atoms with Gasteiger partial charge in [-0.25, -0.2) is 4.79 Å². The van der Waals surface area contributed by atoms with E-state index < -0.39 is 6.10 Å². The molecule has 0 saturated heterocycles. The summed E-state index contributed by atoms with van der Waals surface area (Å²) in [6, 6.07) is 1.74. The number of aryl methyl sites for hydroxylation is 1. The normalized spacial score (nSPS) is 14.7. The minimum absolute atomic E-state index is 0.0131. The van der Waals surface area contributed by atoms with E-state index in [1.165, 1.54) is 0 Å². The van der Waals surface area contributed by atoms with Crippen molar-refractivity contribution in [3.8, 4) is 0 Å². The van der Waals surface area contributed by atoms with E-state index in [2.05, 4.69) is 20.8 Å². The van der Waals surface area contributed by atoms with Gasteiger partial charge in [-0.2, -0.15) is 5.10 Å². The van der Waals surface area contributed by atoms with Gasteiger partial charge in [-0.15, -0.1) is 0 Å². The molecular weight excluding hydrogens is 280 g/mol. The lowest BCUT2D eigenvalue weighted by Crippen LogP contribution is -2.48. The fraction of sp³-hybridized carbons (Fsp3) is 0.750. The van der Waals surface area contributed by atoms with Gasteiger partial charge < -0.3 is 15.7 Å². The van der Waals surface area contributed by atoms with Crippen molar-refractivity contribution in [1.82, 2.24) is 20.8 Å². The largest absolute Gasteiger partial charge is 0.392 e. The summed E-state index contributed by atoms with van der Waals surface area (Å²) in [5.41, 5.74) is 1.57. The minimum Gasteiger partial charge on any atom is -0.392 e. The van der Waals surface area contributed by atoms with Crippen molar-refractivity contribution in [2.45, 2.75) is 60.1 Å². The van der Waals surface area contributed by atoms with E-state index in [4.69, 9.17) is 0 Å². The van der Waals surface area contributed by atoms with Crippen LogP contribution in [-0.4, -0.2) is 40.0 Å². The summed E-state index contributed by atoms with van der Waals surface area (Å²) in [5, 5.41) is 22.9. The van der Waals surface area contributed by atoms with Crippen LogP contribution in [0, 0.1) is 18.3 Å². The average Bonchev–Trinajstić information content (AvgIpc) is 2.80. The fourth-order valence-electron chi connectivity index (χ4n) is 2.53. The van der Waals surface area contributed by atoms with E-state index >= 15 is 0 Å². The molecule has 6 heteroatoms. The second-order valence-electron chi connectivity index (χ2n) is 7.15. The molecule has 0 radical (unpaired) electrons. The molecule has 1 aromatic rings. The molecule has 1 rings (SSSR count). The number of hydrogen-bond donors (Lipinski definition) is 4. The first kappa shape index (κ1) is 18.5. The van der Waals surface area contributed by atoms with Gasteiger partial charge in [-0.3, -0.25) is 5.10 Å². The Morgan fingerprint density at radius 3 is 2.55 bits per heavy atom. The Hall–Kier alpha value is -1.56. The molecule has 6 nitrogen and oxygen atoms in total. The minimum atomic E-state index is -0.461. The number of nitrogens with zero attached hydrogens (tertiary/aromatic N) is 1. The molecule has 1 heterocycles. The monoisotopic (exact) mass is 310 g/mol. The number of aliphatic hydroxyl groups excluding tert-OH is 1. The second kappa shape index (κ2) is 7.63. The number of rotatable bonds is 7. The molecule has 1 aromatic heterocycles. The van der Waals surface area contributed by atoms with Gasteiger partial charge in [0.2, 0.25) is 0 Å². The van der Waals surface area contributed by atoms with Crippen LogP contribution in [0.4, 0.5) is 4.79 Å². The van der Waals surface area contributed by atoms with Gasteiger partial charge in [-0.05, 0) is 25.8 Å². The van der Waals surface area contributed by atoms with Crippen LogP contribution in [0.5, 0.6) is 0 Å². The molecule has 126 valence electrons. The van der Waals surface area contributed by atoms with Crippen LogP contribution in [0.25, 0.3) is 0 Å². The SMILES string of the molecule is Cc1cc(CC(C)NC(=O)NCC(C)(C)C(O)C(C)C)n[nH]1. The number of carbonyl (C=O) groups is 1. The maximum absolute atomic E-state index is 12.0. The first-order valence-electron chi connectivity index (χ1n) is 7.85. The third-order valence-electron chi connectivity index (χ3n) is 3.79. The van der Waals surface area contributed by atoms with E-state index in [0.717, 1.165) is 11.4 Å². The van der Waals surface area contributed by atoms with Crippen LogP contribution in [-0.2, 0) is 6.42 Å². The summed E-state index contributed by atoms with van der Waals surface area (Å²) in [7, 11) is 0. The predicted octanol–water partition coefficient (Wildman–Crippen LogP) is 1.99. The zero-order valence-electron chi connectivity index (χ0n) is 14.5. The lowest BCUT2D eigenvalue weighted by atomic mass is 9.81. The Morgan fingerprint density at radius 2 is 2.05 bits per heavy atom. The highest BCUT2D eigenvalue weighted by Crippen LogP contribution is 2.24. The van der Waals surface area contributed by atoms with Crippen molar-refractivity contribution in [3.63, 3.8) is 0 Å². The van der Waals surface area contributed by atoms with Gasteiger partial charge in [-0.1, -0.05) is 27.7 Å². The summed E-state index contributed by atoms with van der Waals surface area (Å²) >= 11 is 0. The van der Waals surface area contributed by atoms with Crippen molar-refractivity contribution in [2.24, 2.45) is 11.3 Å². The van der Waals surface area contributed by atoms with Crippen molar-refractivity contribution in [2.75, 3.05) is 6.54 Å². The molecule has 0 aliphatic heterocycles. The summed E-state index contributed by atoms with van der Waals surface area (Å²) in [4.78, 5) is 12.0. The smallest absolute Gasteiger partial charge is 0.315 e. The van der Waals surface area contributed by atoms with Crippen LogP contribution >= 0.6 is 0 Å². The Morgan fingerprint density at radius 1 is 1.41 bits per heavy atom. The van der Waals surface area contributed by atoms with E-state index in [1.54, 1.807) is 0 Å². The highest BCUT2D eigenvalue weighted by atomic mass is 16.3. The number of amides is 2. The molecule has 22 heavy (non-hydrogen) atoms. The number of urea groups is 1. The highest BCUT2D eigenvalue weighted by Gasteiger charge is 2.30. The number of carbonyl (C=O) groups excluding carboxylic acids is 1. The second-order valence-corrected chi connectivity index (χ2v) is 7.15. The quantitative estimate of drug-likeness (QED) is 0.621. The van der Waals surface area contributed by atoms with E-state index in [9.17, 15) is 9.90 Å². The number of hydrogen-bond acceptors (Lipinski definition) is 3. The van der Waals surface area contributed by atoms with Crippen molar-refractivity contribution in [1.29, 1.82) is 0 Å². The number of aliphatic hydroxyl groups is 1. The molecule has 0 saturated carbocycles. The van der Waals surface area contributed by atoms with E-state index in [1.807, 2.05) is 47.6 Å². The third-order valence-corrected chi connectivity index (χ3v) is 3.79. The number of H-pyrrole nitrogens is 1. The van der Waals surface area contributed by atoms with Gasteiger partial charge in [0.05, 0.1) is 11.8 Å². The molecule has 0 aliphatic rings. The first-order chi connectivity index (χ1) is 10.1. The number of nitrogens with one attached hydrogen (secondary N) is 3. The van der Waals surface area contributed by atoms with Crippen molar-refractivity contribution in [3.05, 3.63) is 17.5 Å². The molecule has 0 fully saturated rings. The van der Waals surface area contributed by atoms with Gasteiger partial charge in [0, 0.05) is 30.1 Å². The van der Waals surface area contributed by atoms with Crippen molar-refractivity contribution >= 4 is 6.03 Å². The third kappa shape index (κ3) is 5.67. The summed E-state index contributed by atoms with van der Waals surface area (Å²) < 4.78 is 0. The molecule has 2 unspecified atom stereocenters. The Balaban J connectivity index is 2.39. The standard InChI is InChI=1S/C16H30N4O2/c1-10(2)14(21)16(5,6)9-17-15(22)18-11(3)7-13-8-12(4)19-20-13/h8,10-11,14,21H,7,9H2,1-6H3,(H,19,20)(H2,17,18,22). The number of aromatic amines is 1. The Kier molecular flexibility index (Phi) is 6.41. The van der Waals surface area contributed by atoms with Crippen LogP contribution < -0.4 is 10.6 Å². The molecule has 0 aliphatic carbocycles. The summed E-state index contributed by atoms with van der Waals surface area (Å²) in [5.74, 6) is 0.154.